The quantitative estimate of drug-likeness (QED) is 0.733. The molecule has 0 saturated heterocycles. The minimum absolute atomic E-state index is 0.216. The Morgan fingerprint density at radius 2 is 2.23 bits per heavy atom. The summed E-state index contributed by atoms with van der Waals surface area (Å²) in [4.78, 5) is 0. The molecule has 0 aliphatic carbocycles. The molecule has 3 nitrogen and oxygen atoms in total. The molecule has 72 valence electrons. The van der Waals surface area contributed by atoms with Crippen LogP contribution in [0.4, 0.5) is 4.39 Å². The van der Waals surface area contributed by atoms with Gasteiger partial charge in [-0.15, -0.1) is 0 Å². The fraction of sp³-hybridized carbons (Fsp3) is 0.333. The van der Waals surface area contributed by atoms with E-state index in [0.29, 0.717) is 11.3 Å². The van der Waals surface area contributed by atoms with Crippen LogP contribution < -0.4 is 10.5 Å². The molecule has 0 bridgehead atoms. The van der Waals surface area contributed by atoms with Gasteiger partial charge in [-0.3, -0.25) is 0 Å². The van der Waals surface area contributed by atoms with Crippen molar-refractivity contribution >= 4 is 0 Å². The van der Waals surface area contributed by atoms with Crippen LogP contribution in [0.1, 0.15) is 11.6 Å². The Bertz CT molecular complexity index is 291. The highest BCUT2D eigenvalue weighted by molar-refractivity contribution is 5.31. The van der Waals surface area contributed by atoms with Crippen molar-refractivity contribution in [1.29, 1.82) is 0 Å². The number of hydrogen-bond acceptors (Lipinski definition) is 3. The van der Waals surface area contributed by atoms with Gasteiger partial charge in [-0.25, -0.2) is 4.39 Å². The van der Waals surface area contributed by atoms with Crippen LogP contribution in [-0.2, 0) is 0 Å². The molecule has 0 aliphatic rings. The number of rotatable bonds is 3. The van der Waals surface area contributed by atoms with Gasteiger partial charge >= 0.3 is 0 Å². The number of hydrogen-bond donors (Lipinski definition) is 2. The second-order valence-electron chi connectivity index (χ2n) is 2.71. The van der Waals surface area contributed by atoms with E-state index in [1.807, 2.05) is 0 Å². The molecule has 1 atom stereocenters. The average molecular weight is 185 g/mol. The van der Waals surface area contributed by atoms with Crippen LogP contribution >= 0.6 is 0 Å². The molecule has 1 aromatic rings. The standard InChI is InChI=1S/C9H12FNO2/c1-13-8-3-6(9(11)5-12)2-7(10)4-8/h2-4,9,12H,5,11H2,1H3/t9-/m0/s1. The molecule has 0 spiro atoms. The van der Waals surface area contributed by atoms with E-state index in [1.54, 1.807) is 6.07 Å². The third kappa shape index (κ3) is 2.40. The first-order chi connectivity index (χ1) is 6.17. The van der Waals surface area contributed by atoms with Crippen molar-refractivity contribution in [1.82, 2.24) is 0 Å². The van der Waals surface area contributed by atoms with Crippen molar-refractivity contribution in [2.75, 3.05) is 13.7 Å². The van der Waals surface area contributed by atoms with E-state index in [-0.39, 0.29) is 6.61 Å². The maximum Gasteiger partial charge on any atom is 0.127 e. The zero-order valence-electron chi connectivity index (χ0n) is 7.33. The molecule has 3 N–H and O–H groups in total. The summed E-state index contributed by atoms with van der Waals surface area (Å²) in [5.41, 5.74) is 6.04. The lowest BCUT2D eigenvalue weighted by atomic mass is 10.1. The van der Waals surface area contributed by atoms with Crippen LogP contribution in [0.3, 0.4) is 0 Å². The van der Waals surface area contributed by atoms with Crippen LogP contribution in [0, 0.1) is 5.82 Å². The topological polar surface area (TPSA) is 55.5 Å². The van der Waals surface area contributed by atoms with Crippen molar-refractivity contribution in [3.63, 3.8) is 0 Å². The lowest BCUT2D eigenvalue weighted by molar-refractivity contribution is 0.267. The highest BCUT2D eigenvalue weighted by Crippen LogP contribution is 2.19. The molecule has 4 heteroatoms. The molecule has 13 heavy (non-hydrogen) atoms. The molecule has 0 saturated carbocycles. The molecular formula is C9H12FNO2. The van der Waals surface area contributed by atoms with E-state index in [1.165, 1.54) is 19.2 Å². The number of methoxy groups -OCH3 is 1. The fourth-order valence-corrected chi connectivity index (χ4v) is 1.02. The smallest absolute Gasteiger partial charge is 0.127 e. The number of aliphatic hydroxyl groups excluding tert-OH is 1. The second-order valence-corrected chi connectivity index (χ2v) is 2.71. The molecule has 1 aromatic carbocycles. The average Bonchev–Trinajstić information content (AvgIpc) is 2.15. The van der Waals surface area contributed by atoms with Crippen molar-refractivity contribution in [2.45, 2.75) is 6.04 Å². The Labute approximate surface area is 75.9 Å². The molecule has 0 radical (unpaired) electrons. The van der Waals surface area contributed by atoms with Crippen molar-refractivity contribution in [3.05, 3.63) is 29.6 Å². The van der Waals surface area contributed by atoms with E-state index in [2.05, 4.69) is 0 Å². The summed E-state index contributed by atoms with van der Waals surface area (Å²) >= 11 is 0. The summed E-state index contributed by atoms with van der Waals surface area (Å²) in [5, 5.41) is 8.75. The Kier molecular flexibility index (Phi) is 3.22. The highest BCUT2D eigenvalue weighted by Gasteiger charge is 2.07. The van der Waals surface area contributed by atoms with Crippen molar-refractivity contribution in [3.8, 4) is 5.75 Å². The van der Waals surface area contributed by atoms with E-state index in [9.17, 15) is 4.39 Å². The molecule has 0 unspecified atom stereocenters. The SMILES string of the molecule is COc1cc(F)cc([C@@H](N)CO)c1. The summed E-state index contributed by atoms with van der Waals surface area (Å²) in [6.45, 7) is -0.216. The summed E-state index contributed by atoms with van der Waals surface area (Å²) in [5.74, 6) is -0.0165. The van der Waals surface area contributed by atoms with Gasteiger partial charge in [0.05, 0.1) is 19.8 Å². The fourth-order valence-electron chi connectivity index (χ4n) is 1.02. The predicted octanol–water partition coefficient (Wildman–Crippen LogP) is 0.826. The monoisotopic (exact) mass is 185 g/mol. The molecule has 0 heterocycles. The highest BCUT2D eigenvalue weighted by atomic mass is 19.1. The number of benzene rings is 1. The van der Waals surface area contributed by atoms with Gasteiger partial charge in [0.25, 0.3) is 0 Å². The predicted molar refractivity (Wildman–Crippen MR) is 47.0 cm³/mol. The molecule has 0 amide bonds. The lowest BCUT2D eigenvalue weighted by Crippen LogP contribution is -2.14. The number of halogens is 1. The Balaban J connectivity index is 3.01. The molecular weight excluding hydrogens is 173 g/mol. The van der Waals surface area contributed by atoms with Crippen LogP contribution in [0.2, 0.25) is 0 Å². The molecule has 0 aliphatic heterocycles. The first-order valence-electron chi connectivity index (χ1n) is 3.88. The molecule has 0 fully saturated rings. The van der Waals surface area contributed by atoms with Gasteiger partial charge in [0, 0.05) is 6.07 Å². The van der Waals surface area contributed by atoms with Gasteiger partial charge < -0.3 is 15.6 Å². The van der Waals surface area contributed by atoms with Crippen LogP contribution in [-0.4, -0.2) is 18.8 Å². The van der Waals surface area contributed by atoms with E-state index in [0.717, 1.165) is 0 Å². The maximum absolute atomic E-state index is 12.9. The zero-order valence-corrected chi connectivity index (χ0v) is 7.33. The molecule has 1 rings (SSSR count). The second kappa shape index (κ2) is 4.20. The first kappa shape index (κ1) is 9.95. The number of aliphatic hydroxyl groups is 1. The maximum atomic E-state index is 12.9. The summed E-state index contributed by atoms with van der Waals surface area (Å²) in [7, 11) is 1.45. The summed E-state index contributed by atoms with van der Waals surface area (Å²) < 4.78 is 17.7. The minimum atomic E-state index is -0.565. The van der Waals surface area contributed by atoms with Gasteiger partial charge in [-0.05, 0) is 17.7 Å². The van der Waals surface area contributed by atoms with Crippen molar-refractivity contribution < 1.29 is 14.2 Å². The first-order valence-corrected chi connectivity index (χ1v) is 3.88. The van der Waals surface area contributed by atoms with Gasteiger partial charge in [0.2, 0.25) is 0 Å². The van der Waals surface area contributed by atoms with Gasteiger partial charge in [0.15, 0.2) is 0 Å². The van der Waals surface area contributed by atoms with Crippen LogP contribution in [0.5, 0.6) is 5.75 Å². The van der Waals surface area contributed by atoms with E-state index >= 15 is 0 Å². The van der Waals surface area contributed by atoms with Gasteiger partial charge in [-0.2, -0.15) is 0 Å². The normalized spacial score (nSPS) is 12.6. The summed E-state index contributed by atoms with van der Waals surface area (Å²) in [6, 6.07) is 3.57. The number of ether oxygens (including phenoxy) is 1. The van der Waals surface area contributed by atoms with Crippen LogP contribution in [0.15, 0.2) is 18.2 Å². The largest absolute Gasteiger partial charge is 0.497 e. The third-order valence-electron chi connectivity index (χ3n) is 1.75. The third-order valence-corrected chi connectivity index (χ3v) is 1.75. The Hall–Kier alpha value is -1.13. The zero-order chi connectivity index (χ0) is 9.84. The van der Waals surface area contributed by atoms with Gasteiger partial charge in [-0.1, -0.05) is 0 Å². The Morgan fingerprint density at radius 3 is 2.77 bits per heavy atom. The number of nitrogens with two attached hydrogens (primary N) is 1. The van der Waals surface area contributed by atoms with Crippen LogP contribution in [0.25, 0.3) is 0 Å². The van der Waals surface area contributed by atoms with E-state index < -0.39 is 11.9 Å². The lowest BCUT2D eigenvalue weighted by Gasteiger charge is -2.10. The minimum Gasteiger partial charge on any atom is -0.497 e. The molecule has 0 aromatic heterocycles. The van der Waals surface area contributed by atoms with E-state index in [4.69, 9.17) is 15.6 Å². The summed E-state index contributed by atoms with van der Waals surface area (Å²) in [6.07, 6.45) is 0. The van der Waals surface area contributed by atoms with Gasteiger partial charge in [0.1, 0.15) is 11.6 Å². The Morgan fingerprint density at radius 1 is 1.54 bits per heavy atom. The van der Waals surface area contributed by atoms with Crippen molar-refractivity contribution in [2.24, 2.45) is 5.73 Å².